The van der Waals surface area contributed by atoms with Crippen LogP contribution < -0.4 is 0 Å². The molecule has 186 valence electrons. The van der Waals surface area contributed by atoms with Crippen molar-refractivity contribution in [1.29, 1.82) is 0 Å². The van der Waals surface area contributed by atoms with Gasteiger partial charge in [0.05, 0.1) is 16.7 Å². The van der Waals surface area contributed by atoms with E-state index in [9.17, 15) is 0 Å². The van der Waals surface area contributed by atoms with Crippen LogP contribution >= 0.6 is 0 Å². The number of rotatable bonds is 2. The molecule has 1 aliphatic heterocycles. The number of para-hydroxylation sites is 2. The Kier molecular flexibility index (Phi) is 4.29. The highest BCUT2D eigenvalue weighted by atomic mass is 15.1. The van der Waals surface area contributed by atoms with Crippen molar-refractivity contribution in [3.05, 3.63) is 121 Å². The van der Waals surface area contributed by atoms with Crippen LogP contribution in [-0.2, 0) is 6.42 Å². The molecule has 4 heterocycles. The average molecular weight is 513 g/mol. The Bertz CT molecular complexity index is 2300. The molecule has 0 spiro atoms. The number of benzene rings is 5. The zero-order valence-corrected chi connectivity index (χ0v) is 21.3. The molecule has 0 amide bonds. The molecule has 0 radical (unpaired) electrons. The first-order valence-corrected chi connectivity index (χ1v) is 13.3. The molecule has 9 rings (SSSR count). The van der Waals surface area contributed by atoms with Gasteiger partial charge >= 0.3 is 0 Å². The lowest BCUT2D eigenvalue weighted by molar-refractivity contribution is 1.02. The Morgan fingerprint density at radius 2 is 1.20 bits per heavy atom. The summed E-state index contributed by atoms with van der Waals surface area (Å²) in [6.45, 7) is 0. The molecule has 0 saturated carbocycles. The lowest BCUT2D eigenvalue weighted by Crippen LogP contribution is -1.97. The van der Waals surface area contributed by atoms with E-state index in [4.69, 9.17) is 24.9 Å². The molecule has 0 bridgehead atoms. The number of aromatic nitrogens is 6. The summed E-state index contributed by atoms with van der Waals surface area (Å²) in [7, 11) is 0. The highest BCUT2D eigenvalue weighted by Crippen LogP contribution is 2.37. The first-order valence-electron chi connectivity index (χ1n) is 13.3. The van der Waals surface area contributed by atoms with E-state index in [0.717, 1.165) is 72.7 Å². The van der Waals surface area contributed by atoms with Crippen molar-refractivity contribution in [3.63, 3.8) is 0 Å². The number of nitrogens with zero attached hydrogens (tertiary/aromatic N) is 6. The SMILES string of the molecule is c1ccc(-c2ncc3c4ccccc4c4cnc(-c5ccc6c(c5)-n5c(nc7ccccc75)C6)nc4c3n2)cc1. The van der Waals surface area contributed by atoms with Gasteiger partial charge in [0.25, 0.3) is 0 Å². The van der Waals surface area contributed by atoms with E-state index in [2.05, 4.69) is 53.1 Å². The maximum absolute atomic E-state index is 5.16. The van der Waals surface area contributed by atoms with Crippen molar-refractivity contribution in [2.75, 3.05) is 0 Å². The van der Waals surface area contributed by atoms with E-state index in [-0.39, 0.29) is 0 Å². The van der Waals surface area contributed by atoms with E-state index < -0.39 is 0 Å². The normalized spacial score (nSPS) is 12.4. The molecule has 0 unspecified atom stereocenters. The van der Waals surface area contributed by atoms with Crippen LogP contribution in [0.2, 0.25) is 0 Å². The molecule has 0 N–H and O–H groups in total. The minimum absolute atomic E-state index is 0.671. The lowest BCUT2D eigenvalue weighted by Gasteiger charge is -2.12. The van der Waals surface area contributed by atoms with Gasteiger partial charge in [-0.25, -0.2) is 24.9 Å². The van der Waals surface area contributed by atoms with E-state index >= 15 is 0 Å². The van der Waals surface area contributed by atoms with Gasteiger partial charge in [-0.15, -0.1) is 0 Å². The second-order valence-electron chi connectivity index (χ2n) is 10.2. The number of imidazole rings is 1. The molecule has 40 heavy (non-hydrogen) atoms. The van der Waals surface area contributed by atoms with Crippen molar-refractivity contribution in [2.24, 2.45) is 0 Å². The summed E-state index contributed by atoms with van der Waals surface area (Å²) >= 11 is 0. The molecule has 0 fully saturated rings. The molecule has 0 atom stereocenters. The predicted molar refractivity (Wildman–Crippen MR) is 158 cm³/mol. The largest absolute Gasteiger partial charge is 0.296 e. The molecule has 6 nitrogen and oxygen atoms in total. The molecule has 0 aliphatic carbocycles. The Morgan fingerprint density at radius 1 is 0.550 bits per heavy atom. The average Bonchev–Trinajstić information content (AvgIpc) is 3.57. The van der Waals surface area contributed by atoms with E-state index in [1.807, 2.05) is 60.9 Å². The van der Waals surface area contributed by atoms with Crippen molar-refractivity contribution in [3.8, 4) is 28.5 Å². The number of hydrogen-bond acceptors (Lipinski definition) is 5. The van der Waals surface area contributed by atoms with Crippen molar-refractivity contribution in [1.82, 2.24) is 29.5 Å². The van der Waals surface area contributed by atoms with Crippen LogP contribution in [0.5, 0.6) is 0 Å². The highest BCUT2D eigenvalue weighted by molar-refractivity contribution is 6.23. The van der Waals surface area contributed by atoms with Crippen LogP contribution in [0.3, 0.4) is 0 Å². The fraction of sp³-hybridized carbons (Fsp3) is 0.0294. The first kappa shape index (κ1) is 21.4. The maximum atomic E-state index is 5.16. The topological polar surface area (TPSA) is 69.4 Å². The standard InChI is InChI=1S/C34H20N6/c1-2-8-20(9-3-1)33-35-18-25-23-10-4-5-11-24(23)26-19-36-34(39-32(26)31(25)38-33)22-15-14-21-17-30-37-27-12-6-7-13-28(27)40(30)29(21)16-22/h1-16,18-19H,17H2. The number of fused-ring (bicyclic) bond motifs is 11. The van der Waals surface area contributed by atoms with Crippen LogP contribution in [-0.4, -0.2) is 29.5 Å². The van der Waals surface area contributed by atoms with Gasteiger partial charge in [-0.3, -0.25) is 4.57 Å². The monoisotopic (exact) mass is 512 g/mol. The van der Waals surface area contributed by atoms with Crippen LogP contribution in [0.25, 0.3) is 72.1 Å². The molecule has 3 aromatic heterocycles. The van der Waals surface area contributed by atoms with Gasteiger partial charge < -0.3 is 0 Å². The molecular weight excluding hydrogens is 492 g/mol. The second-order valence-corrected chi connectivity index (χ2v) is 10.2. The zero-order chi connectivity index (χ0) is 26.2. The van der Waals surface area contributed by atoms with Gasteiger partial charge in [-0.1, -0.05) is 78.9 Å². The summed E-state index contributed by atoms with van der Waals surface area (Å²) in [6.07, 6.45) is 4.68. The maximum Gasteiger partial charge on any atom is 0.159 e. The van der Waals surface area contributed by atoms with Crippen molar-refractivity contribution in [2.45, 2.75) is 6.42 Å². The van der Waals surface area contributed by atoms with Gasteiger partial charge in [0, 0.05) is 40.7 Å². The summed E-state index contributed by atoms with van der Waals surface area (Å²) in [4.78, 5) is 24.7. The Balaban J connectivity index is 1.29. The fourth-order valence-electron chi connectivity index (χ4n) is 6.03. The Hall–Kier alpha value is -5.49. The van der Waals surface area contributed by atoms with Crippen molar-refractivity contribution >= 4 is 43.6 Å². The number of hydrogen-bond donors (Lipinski definition) is 0. The minimum Gasteiger partial charge on any atom is -0.296 e. The third kappa shape index (κ3) is 3.01. The first-order chi connectivity index (χ1) is 19.8. The van der Waals surface area contributed by atoms with Gasteiger partial charge in [0.15, 0.2) is 11.6 Å². The summed E-state index contributed by atoms with van der Waals surface area (Å²) < 4.78 is 2.26. The predicted octanol–water partition coefficient (Wildman–Crippen LogP) is 7.30. The Labute approximate surface area is 228 Å². The molecule has 6 heteroatoms. The van der Waals surface area contributed by atoms with Crippen LogP contribution in [0.4, 0.5) is 0 Å². The molecule has 0 saturated heterocycles. The summed E-state index contributed by atoms with van der Waals surface area (Å²) in [5, 5.41) is 4.15. The van der Waals surface area contributed by atoms with E-state index in [1.54, 1.807) is 0 Å². The third-order valence-electron chi connectivity index (χ3n) is 7.90. The van der Waals surface area contributed by atoms with Crippen LogP contribution in [0, 0.1) is 0 Å². The van der Waals surface area contributed by atoms with Gasteiger partial charge in [0.2, 0.25) is 0 Å². The quantitative estimate of drug-likeness (QED) is 0.227. The van der Waals surface area contributed by atoms with Crippen LogP contribution in [0.15, 0.2) is 109 Å². The second kappa shape index (κ2) is 8.01. The van der Waals surface area contributed by atoms with Gasteiger partial charge in [-0.05, 0) is 34.5 Å². The summed E-state index contributed by atoms with van der Waals surface area (Å²) in [6, 6.07) is 33.2. The highest BCUT2D eigenvalue weighted by Gasteiger charge is 2.23. The van der Waals surface area contributed by atoms with E-state index in [1.165, 1.54) is 5.56 Å². The molecule has 1 aliphatic rings. The van der Waals surface area contributed by atoms with Crippen LogP contribution in [0.1, 0.15) is 11.4 Å². The minimum atomic E-state index is 0.671. The van der Waals surface area contributed by atoms with Crippen molar-refractivity contribution < 1.29 is 0 Å². The third-order valence-corrected chi connectivity index (χ3v) is 7.90. The fourth-order valence-corrected chi connectivity index (χ4v) is 6.03. The lowest BCUT2D eigenvalue weighted by atomic mass is 10.0. The van der Waals surface area contributed by atoms with Gasteiger partial charge in [0.1, 0.15) is 16.9 Å². The molecular formula is C34H20N6. The van der Waals surface area contributed by atoms with Gasteiger partial charge in [-0.2, -0.15) is 0 Å². The Morgan fingerprint density at radius 3 is 1.95 bits per heavy atom. The molecule has 8 aromatic rings. The zero-order valence-electron chi connectivity index (χ0n) is 21.3. The smallest absolute Gasteiger partial charge is 0.159 e. The summed E-state index contributed by atoms with van der Waals surface area (Å²) in [5.74, 6) is 2.42. The molecule has 5 aromatic carbocycles. The van der Waals surface area contributed by atoms with E-state index in [0.29, 0.717) is 11.6 Å². The summed E-state index contributed by atoms with van der Waals surface area (Å²) in [5.41, 5.74) is 8.13.